The number of carbonyl (C=O) groups is 2. The highest BCUT2D eigenvalue weighted by molar-refractivity contribution is 6.06. The number of aromatic carboxylic acids is 1. The van der Waals surface area contributed by atoms with Gasteiger partial charge in [0.1, 0.15) is 6.61 Å². The molecule has 0 heterocycles. The number of nitrogen functional groups attached to an aromatic ring is 1. The smallest absolute Gasteiger partial charge is 0.336 e. The van der Waals surface area contributed by atoms with Crippen molar-refractivity contribution in [1.82, 2.24) is 0 Å². The quantitative estimate of drug-likeness (QED) is 0.470. The zero-order valence-electron chi connectivity index (χ0n) is 7.23. The maximum Gasteiger partial charge on any atom is 0.336 e. The summed E-state index contributed by atoms with van der Waals surface area (Å²) in [5.74, 6) is -1.88. The summed E-state index contributed by atoms with van der Waals surface area (Å²) in [5.41, 5.74) is 5.45. The second-order valence-electron chi connectivity index (χ2n) is 2.69. The zero-order chi connectivity index (χ0) is 10.7. The zero-order valence-corrected chi connectivity index (χ0v) is 7.23. The van der Waals surface area contributed by atoms with Gasteiger partial charge in [0.15, 0.2) is 5.78 Å². The lowest BCUT2D eigenvalue weighted by molar-refractivity contribution is 0.0690. The van der Waals surface area contributed by atoms with Gasteiger partial charge in [0.05, 0.1) is 5.56 Å². The van der Waals surface area contributed by atoms with Crippen LogP contribution in [0.1, 0.15) is 20.7 Å². The van der Waals surface area contributed by atoms with Gasteiger partial charge in [-0.2, -0.15) is 0 Å². The predicted octanol–water partition coefficient (Wildman–Crippen LogP) is 0.142. The molecule has 0 bridgehead atoms. The van der Waals surface area contributed by atoms with Crippen molar-refractivity contribution in [2.45, 2.75) is 0 Å². The van der Waals surface area contributed by atoms with E-state index in [1.165, 1.54) is 18.2 Å². The largest absolute Gasteiger partial charge is 0.478 e. The summed E-state index contributed by atoms with van der Waals surface area (Å²) in [6.07, 6.45) is 0. The third-order valence-electron chi connectivity index (χ3n) is 1.72. The van der Waals surface area contributed by atoms with Crippen molar-refractivity contribution in [3.05, 3.63) is 29.3 Å². The minimum absolute atomic E-state index is 0.0694. The van der Waals surface area contributed by atoms with Crippen molar-refractivity contribution in [2.75, 3.05) is 12.3 Å². The second kappa shape index (κ2) is 3.89. The molecule has 0 saturated heterocycles. The molecule has 1 aromatic carbocycles. The van der Waals surface area contributed by atoms with Crippen LogP contribution in [0.3, 0.4) is 0 Å². The molecule has 5 nitrogen and oxygen atoms in total. The number of anilines is 1. The maximum absolute atomic E-state index is 11.1. The van der Waals surface area contributed by atoms with E-state index in [1.54, 1.807) is 0 Å². The fraction of sp³-hybridized carbons (Fsp3) is 0.111. The van der Waals surface area contributed by atoms with Gasteiger partial charge < -0.3 is 15.9 Å². The molecule has 0 amide bonds. The summed E-state index contributed by atoms with van der Waals surface area (Å²) < 4.78 is 0. The Labute approximate surface area is 79.8 Å². The first-order valence-electron chi connectivity index (χ1n) is 3.83. The third kappa shape index (κ3) is 1.89. The van der Waals surface area contributed by atoms with E-state index in [4.69, 9.17) is 15.9 Å². The average molecular weight is 195 g/mol. The van der Waals surface area contributed by atoms with Crippen LogP contribution in [0.25, 0.3) is 0 Å². The van der Waals surface area contributed by atoms with Gasteiger partial charge in [0.2, 0.25) is 0 Å². The summed E-state index contributed by atoms with van der Waals surface area (Å²) in [4.78, 5) is 21.8. The lowest BCUT2D eigenvalue weighted by atomic mass is 10.0. The minimum atomic E-state index is -1.22. The Morgan fingerprint density at radius 1 is 1.29 bits per heavy atom. The molecule has 0 aromatic heterocycles. The Hall–Kier alpha value is -1.88. The van der Waals surface area contributed by atoms with E-state index in [2.05, 4.69) is 0 Å². The lowest BCUT2D eigenvalue weighted by Gasteiger charge is -2.04. The molecule has 4 N–H and O–H groups in total. The Morgan fingerprint density at radius 3 is 2.43 bits per heavy atom. The number of aliphatic hydroxyl groups is 1. The van der Waals surface area contributed by atoms with Gasteiger partial charge in [0, 0.05) is 11.3 Å². The van der Waals surface area contributed by atoms with Gasteiger partial charge >= 0.3 is 5.97 Å². The van der Waals surface area contributed by atoms with E-state index in [-0.39, 0.29) is 16.8 Å². The lowest BCUT2D eigenvalue weighted by Crippen LogP contribution is -2.12. The first-order valence-corrected chi connectivity index (χ1v) is 3.83. The number of hydrogen-bond donors (Lipinski definition) is 3. The molecule has 0 aliphatic heterocycles. The first kappa shape index (κ1) is 10.2. The number of carboxylic acid groups (broad SMARTS) is 1. The molecule has 1 aromatic rings. The Balaban J connectivity index is 3.29. The van der Waals surface area contributed by atoms with Crippen LogP contribution in [-0.4, -0.2) is 28.6 Å². The van der Waals surface area contributed by atoms with Gasteiger partial charge in [0.25, 0.3) is 0 Å². The SMILES string of the molecule is Nc1ccc(C(=O)O)c(C(=O)CO)c1. The van der Waals surface area contributed by atoms with Crippen molar-refractivity contribution in [3.63, 3.8) is 0 Å². The van der Waals surface area contributed by atoms with E-state index in [0.717, 1.165) is 0 Å². The number of rotatable bonds is 3. The number of hydrogen-bond acceptors (Lipinski definition) is 4. The fourth-order valence-corrected chi connectivity index (χ4v) is 1.06. The predicted molar refractivity (Wildman–Crippen MR) is 49.2 cm³/mol. The highest BCUT2D eigenvalue weighted by Crippen LogP contribution is 2.14. The van der Waals surface area contributed by atoms with Crippen LogP contribution >= 0.6 is 0 Å². The van der Waals surface area contributed by atoms with Crippen LogP contribution in [0, 0.1) is 0 Å². The highest BCUT2D eigenvalue weighted by atomic mass is 16.4. The summed E-state index contributed by atoms with van der Waals surface area (Å²) in [6.45, 7) is -0.732. The van der Waals surface area contributed by atoms with Gasteiger partial charge in [-0.3, -0.25) is 4.79 Å². The van der Waals surface area contributed by atoms with E-state index in [0.29, 0.717) is 0 Å². The molecule has 1 rings (SSSR count). The minimum Gasteiger partial charge on any atom is -0.478 e. The van der Waals surface area contributed by atoms with Gasteiger partial charge in [-0.05, 0) is 18.2 Å². The number of ketones is 1. The maximum atomic E-state index is 11.1. The van der Waals surface area contributed by atoms with Gasteiger partial charge in [-0.15, -0.1) is 0 Å². The normalized spacial score (nSPS) is 9.79. The molecule has 0 aliphatic rings. The van der Waals surface area contributed by atoms with E-state index in [1.807, 2.05) is 0 Å². The van der Waals surface area contributed by atoms with Crippen LogP contribution < -0.4 is 5.73 Å². The van der Waals surface area contributed by atoms with Crippen LogP contribution in [-0.2, 0) is 0 Å². The molecule has 0 spiro atoms. The number of aliphatic hydroxyl groups excluding tert-OH is 1. The molecule has 0 atom stereocenters. The van der Waals surface area contributed by atoms with Crippen molar-refractivity contribution in [2.24, 2.45) is 0 Å². The van der Waals surface area contributed by atoms with E-state index >= 15 is 0 Å². The number of Topliss-reactive ketones (excluding diaryl/α,β-unsaturated/α-hetero) is 1. The van der Waals surface area contributed by atoms with Crippen LogP contribution in [0.5, 0.6) is 0 Å². The molecular weight excluding hydrogens is 186 g/mol. The van der Waals surface area contributed by atoms with Crippen LogP contribution in [0.2, 0.25) is 0 Å². The van der Waals surface area contributed by atoms with Gasteiger partial charge in [-0.25, -0.2) is 4.79 Å². The van der Waals surface area contributed by atoms with Crippen molar-refractivity contribution < 1.29 is 19.8 Å². The molecule has 14 heavy (non-hydrogen) atoms. The molecule has 0 radical (unpaired) electrons. The summed E-state index contributed by atoms with van der Waals surface area (Å²) in [6, 6.07) is 3.86. The van der Waals surface area contributed by atoms with E-state index < -0.39 is 18.4 Å². The van der Waals surface area contributed by atoms with Gasteiger partial charge in [-0.1, -0.05) is 0 Å². The molecule has 0 aliphatic carbocycles. The second-order valence-corrected chi connectivity index (χ2v) is 2.69. The molecule has 5 heteroatoms. The summed E-state index contributed by atoms with van der Waals surface area (Å²) >= 11 is 0. The summed E-state index contributed by atoms with van der Waals surface area (Å²) in [5, 5.41) is 17.3. The van der Waals surface area contributed by atoms with Crippen molar-refractivity contribution in [1.29, 1.82) is 0 Å². The number of nitrogens with two attached hydrogens (primary N) is 1. The standard InChI is InChI=1S/C9H9NO4/c10-5-1-2-6(9(13)14)7(3-5)8(12)4-11/h1-3,11H,4,10H2,(H,13,14). The molecule has 74 valence electrons. The Kier molecular flexibility index (Phi) is 2.83. The Morgan fingerprint density at radius 2 is 1.93 bits per heavy atom. The Bertz CT molecular complexity index is 386. The van der Waals surface area contributed by atoms with Crippen LogP contribution in [0.4, 0.5) is 5.69 Å². The molecule has 0 saturated carbocycles. The molecule has 0 fully saturated rings. The monoisotopic (exact) mass is 195 g/mol. The number of carbonyl (C=O) groups excluding carboxylic acids is 1. The third-order valence-corrected chi connectivity index (χ3v) is 1.72. The van der Waals surface area contributed by atoms with Crippen molar-refractivity contribution >= 4 is 17.4 Å². The van der Waals surface area contributed by atoms with Crippen LogP contribution in [0.15, 0.2) is 18.2 Å². The fourth-order valence-electron chi connectivity index (χ4n) is 1.06. The summed E-state index contributed by atoms with van der Waals surface area (Å²) in [7, 11) is 0. The number of carboxylic acids is 1. The van der Waals surface area contributed by atoms with E-state index in [9.17, 15) is 9.59 Å². The molecular formula is C9H9NO4. The number of benzene rings is 1. The average Bonchev–Trinajstić information content (AvgIpc) is 2.16. The topological polar surface area (TPSA) is 101 Å². The molecule has 0 unspecified atom stereocenters. The first-order chi connectivity index (χ1) is 6.56. The van der Waals surface area contributed by atoms with Crippen molar-refractivity contribution in [3.8, 4) is 0 Å². The highest BCUT2D eigenvalue weighted by Gasteiger charge is 2.15.